The molecule has 0 aliphatic rings. The molecule has 0 heterocycles. The molecule has 0 atom stereocenters. The molecule has 0 saturated carbocycles. The van der Waals surface area contributed by atoms with Crippen LogP contribution in [0.5, 0.6) is 17.2 Å². The number of rotatable bonds is 8. The SMILES string of the molecule is CCOc1ccc(Br)cc1C=CC(=O)Oc1ccc(C=C(C#N)C(=O)OC)cc1OC. The minimum atomic E-state index is -0.749. The van der Waals surface area contributed by atoms with Gasteiger partial charge in [0.1, 0.15) is 17.4 Å². The summed E-state index contributed by atoms with van der Waals surface area (Å²) in [6.07, 6.45) is 4.22. The molecule has 0 aliphatic heterocycles. The smallest absolute Gasteiger partial charge is 0.348 e. The summed E-state index contributed by atoms with van der Waals surface area (Å²) in [5.74, 6) is -0.278. The van der Waals surface area contributed by atoms with Gasteiger partial charge in [0.25, 0.3) is 0 Å². The predicted octanol–water partition coefficient (Wildman–Crippen LogP) is 4.56. The average molecular weight is 486 g/mol. The Balaban J connectivity index is 2.21. The highest BCUT2D eigenvalue weighted by molar-refractivity contribution is 9.10. The fourth-order valence-electron chi connectivity index (χ4n) is 2.51. The zero-order valence-electron chi connectivity index (χ0n) is 17.2. The van der Waals surface area contributed by atoms with Crippen molar-refractivity contribution in [3.8, 4) is 23.3 Å². The van der Waals surface area contributed by atoms with E-state index >= 15 is 0 Å². The van der Waals surface area contributed by atoms with E-state index in [2.05, 4.69) is 20.7 Å². The molecule has 0 fully saturated rings. The van der Waals surface area contributed by atoms with Crippen LogP contribution in [0.25, 0.3) is 12.2 Å². The lowest BCUT2D eigenvalue weighted by Crippen LogP contribution is -2.05. The van der Waals surface area contributed by atoms with Crippen molar-refractivity contribution in [2.24, 2.45) is 0 Å². The Morgan fingerprint density at radius 2 is 1.84 bits per heavy atom. The van der Waals surface area contributed by atoms with Gasteiger partial charge in [0, 0.05) is 16.1 Å². The Labute approximate surface area is 188 Å². The molecular formula is C23H20BrNO6. The third kappa shape index (κ3) is 6.73. The van der Waals surface area contributed by atoms with Gasteiger partial charge in [0.15, 0.2) is 11.5 Å². The molecule has 0 amide bonds. The van der Waals surface area contributed by atoms with Gasteiger partial charge in [0.2, 0.25) is 0 Å². The van der Waals surface area contributed by atoms with Crippen LogP contribution >= 0.6 is 15.9 Å². The monoisotopic (exact) mass is 485 g/mol. The van der Waals surface area contributed by atoms with Crippen molar-refractivity contribution >= 4 is 40.0 Å². The molecule has 2 aromatic rings. The lowest BCUT2D eigenvalue weighted by molar-refractivity contribution is -0.135. The lowest BCUT2D eigenvalue weighted by atomic mass is 10.1. The lowest BCUT2D eigenvalue weighted by Gasteiger charge is -2.09. The van der Waals surface area contributed by atoms with Gasteiger partial charge in [0.05, 0.1) is 20.8 Å². The number of halogens is 1. The molecule has 0 N–H and O–H groups in total. The average Bonchev–Trinajstić information content (AvgIpc) is 2.77. The van der Waals surface area contributed by atoms with Crippen molar-refractivity contribution < 1.29 is 28.5 Å². The van der Waals surface area contributed by atoms with Crippen molar-refractivity contribution in [3.63, 3.8) is 0 Å². The van der Waals surface area contributed by atoms with Gasteiger partial charge < -0.3 is 18.9 Å². The molecule has 0 radical (unpaired) electrons. The zero-order chi connectivity index (χ0) is 22.8. The van der Waals surface area contributed by atoms with E-state index in [0.29, 0.717) is 23.5 Å². The number of methoxy groups -OCH3 is 2. The Hall–Kier alpha value is -3.57. The second kappa shape index (κ2) is 11.6. The number of nitriles is 1. The number of carbonyl (C=O) groups is 2. The number of hydrogen-bond donors (Lipinski definition) is 0. The third-order valence-corrected chi connectivity index (χ3v) is 4.40. The minimum absolute atomic E-state index is 0.170. The zero-order valence-corrected chi connectivity index (χ0v) is 18.8. The molecule has 2 aromatic carbocycles. The van der Waals surface area contributed by atoms with Crippen molar-refractivity contribution in [1.82, 2.24) is 0 Å². The van der Waals surface area contributed by atoms with E-state index in [1.54, 1.807) is 24.3 Å². The topological polar surface area (TPSA) is 94.9 Å². The van der Waals surface area contributed by atoms with Crippen LogP contribution in [-0.4, -0.2) is 32.8 Å². The molecule has 0 aliphatic carbocycles. The first-order chi connectivity index (χ1) is 14.9. The first kappa shape index (κ1) is 23.7. The maximum absolute atomic E-state index is 12.3. The number of hydrogen-bond acceptors (Lipinski definition) is 7. The third-order valence-electron chi connectivity index (χ3n) is 3.91. The predicted molar refractivity (Wildman–Crippen MR) is 119 cm³/mol. The summed E-state index contributed by atoms with van der Waals surface area (Å²) in [4.78, 5) is 23.9. The van der Waals surface area contributed by atoms with E-state index in [1.165, 1.54) is 38.5 Å². The number of ether oxygens (including phenoxy) is 4. The van der Waals surface area contributed by atoms with E-state index in [1.807, 2.05) is 19.1 Å². The van der Waals surface area contributed by atoms with Gasteiger partial charge in [-0.2, -0.15) is 5.26 Å². The van der Waals surface area contributed by atoms with Crippen LogP contribution in [0.1, 0.15) is 18.1 Å². The molecular weight excluding hydrogens is 466 g/mol. The molecule has 7 nitrogen and oxygen atoms in total. The van der Waals surface area contributed by atoms with E-state index in [0.717, 1.165) is 4.47 Å². The van der Waals surface area contributed by atoms with Crippen molar-refractivity contribution in [2.75, 3.05) is 20.8 Å². The molecule has 0 aromatic heterocycles. The highest BCUT2D eigenvalue weighted by Crippen LogP contribution is 2.30. The van der Waals surface area contributed by atoms with Gasteiger partial charge >= 0.3 is 11.9 Å². The normalized spacial score (nSPS) is 11.0. The molecule has 0 spiro atoms. The van der Waals surface area contributed by atoms with Crippen molar-refractivity contribution in [3.05, 3.63) is 63.6 Å². The molecule has 8 heteroatoms. The Bertz CT molecular complexity index is 1070. The van der Waals surface area contributed by atoms with Crippen LogP contribution in [0.4, 0.5) is 0 Å². The summed E-state index contributed by atoms with van der Waals surface area (Å²) < 4.78 is 21.6. The second-order valence-corrected chi connectivity index (χ2v) is 6.86. The van der Waals surface area contributed by atoms with Gasteiger partial charge in [-0.05, 0) is 55.0 Å². The van der Waals surface area contributed by atoms with Gasteiger partial charge in [-0.1, -0.05) is 22.0 Å². The minimum Gasteiger partial charge on any atom is -0.493 e. The summed E-state index contributed by atoms with van der Waals surface area (Å²) in [5, 5.41) is 9.07. The highest BCUT2D eigenvalue weighted by atomic mass is 79.9. The molecule has 2 rings (SSSR count). The largest absolute Gasteiger partial charge is 0.493 e. The van der Waals surface area contributed by atoms with Crippen LogP contribution in [0.2, 0.25) is 0 Å². The molecule has 0 bridgehead atoms. The van der Waals surface area contributed by atoms with E-state index in [4.69, 9.17) is 19.5 Å². The Kier molecular flexibility index (Phi) is 8.85. The Morgan fingerprint density at radius 3 is 2.48 bits per heavy atom. The second-order valence-electron chi connectivity index (χ2n) is 5.94. The fraction of sp³-hybridized carbons (Fsp3) is 0.174. The van der Waals surface area contributed by atoms with Crippen LogP contribution in [0.3, 0.4) is 0 Å². The van der Waals surface area contributed by atoms with E-state index in [9.17, 15) is 9.59 Å². The number of esters is 2. The van der Waals surface area contributed by atoms with Crippen molar-refractivity contribution in [1.29, 1.82) is 5.26 Å². The van der Waals surface area contributed by atoms with Crippen LogP contribution in [-0.2, 0) is 14.3 Å². The van der Waals surface area contributed by atoms with Gasteiger partial charge in [-0.3, -0.25) is 0 Å². The van der Waals surface area contributed by atoms with E-state index < -0.39 is 11.9 Å². The molecule has 0 saturated heterocycles. The quantitative estimate of drug-likeness (QED) is 0.234. The van der Waals surface area contributed by atoms with Crippen LogP contribution < -0.4 is 14.2 Å². The van der Waals surface area contributed by atoms with E-state index in [-0.39, 0.29) is 17.1 Å². The summed E-state index contributed by atoms with van der Waals surface area (Å²) in [6.45, 7) is 2.37. The van der Waals surface area contributed by atoms with Crippen molar-refractivity contribution in [2.45, 2.75) is 6.92 Å². The first-order valence-corrected chi connectivity index (χ1v) is 9.91. The number of benzene rings is 2. The molecule has 0 unspecified atom stereocenters. The number of carbonyl (C=O) groups excluding carboxylic acids is 2. The van der Waals surface area contributed by atoms with Gasteiger partial charge in [-0.25, -0.2) is 9.59 Å². The summed E-state index contributed by atoms with van der Waals surface area (Å²) in [6, 6.07) is 11.9. The summed E-state index contributed by atoms with van der Waals surface area (Å²) in [5.41, 5.74) is 1.05. The maximum atomic E-state index is 12.3. The van der Waals surface area contributed by atoms with Gasteiger partial charge in [-0.15, -0.1) is 0 Å². The Morgan fingerprint density at radius 1 is 1.10 bits per heavy atom. The fourth-order valence-corrected chi connectivity index (χ4v) is 2.89. The summed E-state index contributed by atoms with van der Waals surface area (Å²) >= 11 is 3.39. The summed E-state index contributed by atoms with van der Waals surface area (Å²) in [7, 11) is 2.60. The maximum Gasteiger partial charge on any atom is 0.348 e. The number of nitrogens with zero attached hydrogens (tertiary/aromatic N) is 1. The first-order valence-electron chi connectivity index (χ1n) is 9.12. The standard InChI is InChI=1S/C23H20BrNO6/c1-4-30-19-9-7-18(24)13-16(19)6-10-22(26)31-20-8-5-15(12-21(20)28-2)11-17(14-25)23(27)29-3/h5-13H,4H2,1-3H3. The van der Waals surface area contributed by atoms with Crippen LogP contribution in [0, 0.1) is 11.3 Å². The molecule has 160 valence electrons. The highest BCUT2D eigenvalue weighted by Gasteiger charge is 2.12. The van der Waals surface area contributed by atoms with Crippen LogP contribution in [0.15, 0.2) is 52.5 Å². The molecule has 31 heavy (non-hydrogen) atoms.